The van der Waals surface area contributed by atoms with E-state index in [1.165, 1.54) is 0 Å². The summed E-state index contributed by atoms with van der Waals surface area (Å²) in [7, 11) is 0. The normalized spacial score (nSPS) is 9.55. The van der Waals surface area contributed by atoms with Crippen molar-refractivity contribution in [3.63, 3.8) is 0 Å². The van der Waals surface area contributed by atoms with Crippen LogP contribution >= 0.6 is 0 Å². The van der Waals surface area contributed by atoms with Crippen molar-refractivity contribution in [2.75, 3.05) is 11.9 Å². The molecule has 0 saturated carbocycles. The Bertz CT molecular complexity index is 617. The van der Waals surface area contributed by atoms with Crippen molar-refractivity contribution in [1.29, 1.82) is 5.26 Å². The second-order valence-corrected chi connectivity index (χ2v) is 4.31. The fraction of sp³-hybridized carbons (Fsp3) is 0.125. The van der Waals surface area contributed by atoms with Gasteiger partial charge in [-0.3, -0.25) is 4.79 Å². The quantitative estimate of drug-likeness (QED) is 0.871. The topological polar surface area (TPSA) is 64.9 Å². The van der Waals surface area contributed by atoms with E-state index >= 15 is 0 Å². The Morgan fingerprint density at radius 3 is 2.65 bits per heavy atom. The number of rotatable bonds is 5. The number of carbonyl (C=O) groups is 1. The third-order valence-corrected chi connectivity index (χ3v) is 2.78. The molecule has 0 aliphatic heterocycles. The minimum Gasteiger partial charge on any atom is -0.376 e. The van der Waals surface area contributed by atoms with Crippen LogP contribution in [0.4, 0.5) is 5.69 Å². The van der Waals surface area contributed by atoms with Crippen molar-refractivity contribution < 1.29 is 4.79 Å². The average molecular weight is 265 g/mol. The maximum Gasteiger partial charge on any atom is 0.239 e. The molecule has 2 rings (SSSR count). The van der Waals surface area contributed by atoms with Gasteiger partial charge in [0.2, 0.25) is 5.91 Å². The summed E-state index contributed by atoms with van der Waals surface area (Å²) in [6.45, 7) is 0.696. The highest BCUT2D eigenvalue weighted by Gasteiger charge is 2.01. The van der Waals surface area contributed by atoms with E-state index in [4.69, 9.17) is 5.26 Å². The molecule has 0 bridgehead atoms. The van der Waals surface area contributed by atoms with Gasteiger partial charge in [-0.05, 0) is 23.8 Å². The van der Waals surface area contributed by atoms with E-state index in [0.29, 0.717) is 12.1 Å². The van der Waals surface area contributed by atoms with Crippen LogP contribution in [-0.4, -0.2) is 12.5 Å². The van der Waals surface area contributed by atoms with E-state index in [1.807, 2.05) is 36.4 Å². The average Bonchev–Trinajstić information content (AvgIpc) is 2.52. The van der Waals surface area contributed by atoms with Crippen LogP contribution in [0.5, 0.6) is 0 Å². The number of nitrogens with one attached hydrogen (secondary N) is 2. The molecule has 0 unspecified atom stereocenters. The predicted molar refractivity (Wildman–Crippen MR) is 77.9 cm³/mol. The molecule has 0 radical (unpaired) electrons. The Labute approximate surface area is 118 Å². The van der Waals surface area contributed by atoms with Gasteiger partial charge in [0.1, 0.15) is 0 Å². The highest BCUT2D eigenvalue weighted by molar-refractivity contribution is 5.80. The summed E-state index contributed by atoms with van der Waals surface area (Å²) in [5.41, 5.74) is 2.39. The number of hydrogen-bond acceptors (Lipinski definition) is 3. The first-order valence-corrected chi connectivity index (χ1v) is 6.32. The molecule has 0 heterocycles. The van der Waals surface area contributed by atoms with Crippen LogP contribution in [0.15, 0.2) is 54.6 Å². The van der Waals surface area contributed by atoms with Gasteiger partial charge < -0.3 is 10.6 Å². The molecule has 0 aliphatic carbocycles. The fourth-order valence-electron chi connectivity index (χ4n) is 1.74. The second kappa shape index (κ2) is 6.95. The molecule has 0 fully saturated rings. The number of amides is 1. The van der Waals surface area contributed by atoms with Gasteiger partial charge in [-0.1, -0.05) is 36.4 Å². The highest BCUT2D eigenvalue weighted by atomic mass is 16.1. The van der Waals surface area contributed by atoms with E-state index in [0.717, 1.165) is 11.3 Å². The van der Waals surface area contributed by atoms with Gasteiger partial charge in [-0.25, -0.2) is 0 Å². The standard InChI is InChI=1S/C16H15N3O/c17-10-14-7-4-8-15(9-14)18-12-16(20)19-11-13-5-2-1-3-6-13/h1-9,18H,11-12H2,(H,19,20). The zero-order valence-corrected chi connectivity index (χ0v) is 11.0. The maximum atomic E-state index is 11.7. The van der Waals surface area contributed by atoms with Gasteiger partial charge in [-0.2, -0.15) is 5.26 Å². The summed E-state index contributed by atoms with van der Waals surface area (Å²) in [5, 5.41) is 14.6. The summed E-state index contributed by atoms with van der Waals surface area (Å²) in [5.74, 6) is -0.0868. The summed E-state index contributed by atoms with van der Waals surface area (Å²) in [4.78, 5) is 11.7. The molecule has 2 aromatic carbocycles. The molecular weight excluding hydrogens is 250 g/mol. The molecule has 0 aromatic heterocycles. The van der Waals surface area contributed by atoms with Crippen LogP contribution in [0.25, 0.3) is 0 Å². The fourth-order valence-corrected chi connectivity index (χ4v) is 1.74. The predicted octanol–water partition coefficient (Wildman–Crippen LogP) is 2.29. The summed E-state index contributed by atoms with van der Waals surface area (Å²) in [6, 6.07) is 18.8. The number of benzene rings is 2. The maximum absolute atomic E-state index is 11.7. The van der Waals surface area contributed by atoms with E-state index < -0.39 is 0 Å². The lowest BCUT2D eigenvalue weighted by molar-refractivity contribution is -0.119. The van der Waals surface area contributed by atoms with Gasteiger partial charge in [0.05, 0.1) is 18.2 Å². The summed E-state index contributed by atoms with van der Waals surface area (Å²) in [6.07, 6.45) is 0. The molecule has 1 amide bonds. The lowest BCUT2D eigenvalue weighted by Crippen LogP contribution is -2.29. The molecule has 20 heavy (non-hydrogen) atoms. The largest absolute Gasteiger partial charge is 0.376 e. The molecular formula is C16H15N3O. The van der Waals surface area contributed by atoms with E-state index in [9.17, 15) is 4.79 Å². The first kappa shape index (κ1) is 13.6. The number of hydrogen-bond donors (Lipinski definition) is 2. The first-order chi connectivity index (χ1) is 9.78. The Balaban J connectivity index is 1.79. The molecule has 0 aliphatic rings. The smallest absolute Gasteiger partial charge is 0.239 e. The third-order valence-electron chi connectivity index (χ3n) is 2.78. The minimum absolute atomic E-state index is 0.0868. The molecule has 2 aromatic rings. The first-order valence-electron chi connectivity index (χ1n) is 6.32. The number of nitrogens with zero attached hydrogens (tertiary/aromatic N) is 1. The van der Waals surface area contributed by atoms with Crippen molar-refractivity contribution >= 4 is 11.6 Å². The summed E-state index contributed by atoms with van der Waals surface area (Å²) < 4.78 is 0. The number of nitriles is 1. The second-order valence-electron chi connectivity index (χ2n) is 4.31. The van der Waals surface area contributed by atoms with Crippen LogP contribution in [0.1, 0.15) is 11.1 Å². The van der Waals surface area contributed by atoms with E-state index in [-0.39, 0.29) is 12.5 Å². The van der Waals surface area contributed by atoms with Gasteiger partial charge in [-0.15, -0.1) is 0 Å². The molecule has 2 N–H and O–H groups in total. The Morgan fingerprint density at radius 1 is 1.10 bits per heavy atom. The van der Waals surface area contributed by atoms with Gasteiger partial charge >= 0.3 is 0 Å². The van der Waals surface area contributed by atoms with Crippen molar-refractivity contribution in [2.45, 2.75) is 6.54 Å². The SMILES string of the molecule is N#Cc1cccc(NCC(=O)NCc2ccccc2)c1. The minimum atomic E-state index is -0.0868. The van der Waals surface area contributed by atoms with E-state index in [1.54, 1.807) is 18.2 Å². The van der Waals surface area contributed by atoms with Gasteiger partial charge in [0.25, 0.3) is 0 Å². The van der Waals surface area contributed by atoms with Crippen LogP contribution in [-0.2, 0) is 11.3 Å². The molecule has 0 atom stereocenters. The molecule has 100 valence electrons. The molecule has 0 spiro atoms. The Kier molecular flexibility index (Phi) is 4.74. The van der Waals surface area contributed by atoms with Crippen molar-refractivity contribution in [3.8, 4) is 6.07 Å². The zero-order valence-electron chi connectivity index (χ0n) is 11.0. The lowest BCUT2D eigenvalue weighted by atomic mass is 10.2. The van der Waals surface area contributed by atoms with Crippen LogP contribution < -0.4 is 10.6 Å². The van der Waals surface area contributed by atoms with Crippen molar-refractivity contribution in [3.05, 3.63) is 65.7 Å². The number of carbonyl (C=O) groups excluding carboxylic acids is 1. The van der Waals surface area contributed by atoms with Gasteiger partial charge in [0.15, 0.2) is 0 Å². The van der Waals surface area contributed by atoms with Crippen molar-refractivity contribution in [1.82, 2.24) is 5.32 Å². The van der Waals surface area contributed by atoms with Crippen LogP contribution in [0.2, 0.25) is 0 Å². The Morgan fingerprint density at radius 2 is 1.90 bits per heavy atom. The third kappa shape index (κ3) is 4.14. The van der Waals surface area contributed by atoms with Crippen LogP contribution in [0.3, 0.4) is 0 Å². The lowest BCUT2D eigenvalue weighted by Gasteiger charge is -2.08. The number of anilines is 1. The monoisotopic (exact) mass is 265 g/mol. The molecule has 0 saturated heterocycles. The van der Waals surface area contributed by atoms with Crippen LogP contribution in [0, 0.1) is 11.3 Å². The Hall–Kier alpha value is -2.80. The summed E-state index contributed by atoms with van der Waals surface area (Å²) >= 11 is 0. The van der Waals surface area contributed by atoms with E-state index in [2.05, 4.69) is 16.7 Å². The molecule has 4 nitrogen and oxygen atoms in total. The highest BCUT2D eigenvalue weighted by Crippen LogP contribution is 2.08. The van der Waals surface area contributed by atoms with Gasteiger partial charge in [0, 0.05) is 12.2 Å². The van der Waals surface area contributed by atoms with Crippen molar-refractivity contribution in [2.24, 2.45) is 0 Å². The molecule has 4 heteroatoms. The zero-order chi connectivity index (χ0) is 14.2.